The molecule has 0 N–H and O–H groups in total. The SMILES string of the molecule is CC(=O)c1ccc(OCc2ccc(C(=O)N3c4ccccc4CC3C)o2)cc1. The number of benzene rings is 2. The molecule has 1 aliphatic heterocycles. The van der Waals surface area contributed by atoms with Crippen LogP contribution < -0.4 is 9.64 Å². The Morgan fingerprint density at radius 2 is 1.82 bits per heavy atom. The molecule has 1 aromatic heterocycles. The summed E-state index contributed by atoms with van der Waals surface area (Å²) in [6, 6.07) is 18.4. The number of nitrogens with zero attached hydrogens (tertiary/aromatic N) is 1. The second kappa shape index (κ2) is 7.35. The number of fused-ring (bicyclic) bond motifs is 1. The second-order valence-corrected chi connectivity index (χ2v) is 6.99. The van der Waals surface area contributed by atoms with Crippen molar-refractivity contribution in [1.82, 2.24) is 0 Å². The summed E-state index contributed by atoms with van der Waals surface area (Å²) in [6.45, 7) is 3.77. The molecule has 0 saturated carbocycles. The third-order valence-electron chi connectivity index (χ3n) is 4.94. The first-order valence-electron chi connectivity index (χ1n) is 9.27. The van der Waals surface area contributed by atoms with E-state index < -0.39 is 0 Å². The van der Waals surface area contributed by atoms with Crippen molar-refractivity contribution in [3.63, 3.8) is 0 Å². The van der Waals surface area contributed by atoms with Crippen LogP contribution in [-0.2, 0) is 13.0 Å². The highest BCUT2D eigenvalue weighted by Gasteiger charge is 2.32. The number of amides is 1. The summed E-state index contributed by atoms with van der Waals surface area (Å²) in [7, 11) is 0. The van der Waals surface area contributed by atoms with Gasteiger partial charge in [-0.1, -0.05) is 18.2 Å². The molecule has 5 heteroatoms. The molecular weight excluding hydrogens is 354 g/mol. The molecule has 4 rings (SSSR count). The molecule has 142 valence electrons. The number of anilines is 1. The van der Waals surface area contributed by atoms with E-state index in [4.69, 9.17) is 9.15 Å². The zero-order valence-corrected chi connectivity index (χ0v) is 15.8. The highest BCUT2D eigenvalue weighted by molar-refractivity contribution is 6.06. The number of hydrogen-bond donors (Lipinski definition) is 0. The molecule has 2 heterocycles. The van der Waals surface area contributed by atoms with Gasteiger partial charge in [0.1, 0.15) is 18.1 Å². The minimum absolute atomic E-state index is 0.0125. The van der Waals surface area contributed by atoms with Crippen LogP contribution >= 0.6 is 0 Å². The summed E-state index contributed by atoms with van der Waals surface area (Å²) < 4.78 is 11.4. The number of carbonyl (C=O) groups is 2. The van der Waals surface area contributed by atoms with Crippen molar-refractivity contribution in [3.05, 3.63) is 83.3 Å². The molecule has 0 fully saturated rings. The molecule has 2 aromatic carbocycles. The van der Waals surface area contributed by atoms with Crippen LogP contribution in [0.1, 0.15) is 46.1 Å². The van der Waals surface area contributed by atoms with E-state index in [1.807, 2.05) is 25.1 Å². The summed E-state index contributed by atoms with van der Waals surface area (Å²) in [6.07, 6.45) is 0.842. The van der Waals surface area contributed by atoms with Gasteiger partial charge in [-0.25, -0.2) is 0 Å². The van der Waals surface area contributed by atoms with E-state index in [2.05, 4.69) is 6.07 Å². The summed E-state index contributed by atoms with van der Waals surface area (Å²) in [5.41, 5.74) is 2.76. The average Bonchev–Trinajstić information content (AvgIpc) is 3.30. The van der Waals surface area contributed by atoms with Crippen LogP contribution in [0.25, 0.3) is 0 Å². The van der Waals surface area contributed by atoms with Crippen molar-refractivity contribution in [2.75, 3.05) is 4.90 Å². The smallest absolute Gasteiger partial charge is 0.294 e. The third kappa shape index (κ3) is 3.43. The number of ether oxygens (including phenoxy) is 1. The van der Waals surface area contributed by atoms with Crippen LogP contribution in [0, 0.1) is 0 Å². The Labute approximate surface area is 163 Å². The van der Waals surface area contributed by atoms with Crippen LogP contribution in [0.15, 0.2) is 65.1 Å². The van der Waals surface area contributed by atoms with Crippen molar-refractivity contribution >= 4 is 17.4 Å². The molecule has 0 radical (unpaired) electrons. The van der Waals surface area contributed by atoms with Gasteiger partial charge in [0, 0.05) is 17.3 Å². The number of furan rings is 1. The van der Waals surface area contributed by atoms with Gasteiger partial charge in [-0.15, -0.1) is 0 Å². The first-order valence-corrected chi connectivity index (χ1v) is 9.27. The van der Waals surface area contributed by atoms with Crippen molar-refractivity contribution in [2.24, 2.45) is 0 Å². The highest BCUT2D eigenvalue weighted by Crippen LogP contribution is 2.33. The lowest BCUT2D eigenvalue weighted by Gasteiger charge is -2.21. The molecule has 1 atom stereocenters. The predicted octanol–water partition coefficient (Wildman–Crippen LogP) is 4.65. The Bertz CT molecular complexity index is 1020. The number of hydrogen-bond acceptors (Lipinski definition) is 4. The fourth-order valence-electron chi connectivity index (χ4n) is 3.50. The van der Waals surface area contributed by atoms with Crippen molar-refractivity contribution in [1.29, 1.82) is 0 Å². The van der Waals surface area contributed by atoms with E-state index >= 15 is 0 Å². The van der Waals surface area contributed by atoms with Crippen LogP contribution in [0.5, 0.6) is 5.75 Å². The van der Waals surface area contributed by atoms with Gasteiger partial charge in [0.2, 0.25) is 0 Å². The molecule has 28 heavy (non-hydrogen) atoms. The predicted molar refractivity (Wildman–Crippen MR) is 106 cm³/mol. The fourth-order valence-corrected chi connectivity index (χ4v) is 3.50. The Morgan fingerprint density at radius 3 is 2.57 bits per heavy atom. The van der Waals surface area contributed by atoms with Crippen LogP contribution in [0.2, 0.25) is 0 Å². The normalized spacial score (nSPS) is 15.4. The summed E-state index contributed by atoms with van der Waals surface area (Å²) in [4.78, 5) is 26.1. The minimum Gasteiger partial charge on any atom is -0.486 e. The number of rotatable bonds is 5. The summed E-state index contributed by atoms with van der Waals surface area (Å²) >= 11 is 0. The third-order valence-corrected chi connectivity index (χ3v) is 4.94. The first kappa shape index (κ1) is 18.0. The van der Waals surface area contributed by atoms with Crippen molar-refractivity contribution < 1.29 is 18.7 Å². The molecule has 3 aromatic rings. The maximum atomic E-state index is 13.0. The fraction of sp³-hybridized carbons (Fsp3) is 0.217. The Hall–Kier alpha value is -3.34. The molecule has 1 amide bonds. The summed E-state index contributed by atoms with van der Waals surface area (Å²) in [5, 5.41) is 0. The van der Waals surface area contributed by atoms with Gasteiger partial charge in [-0.2, -0.15) is 0 Å². The van der Waals surface area contributed by atoms with E-state index in [0.717, 1.165) is 12.1 Å². The van der Waals surface area contributed by atoms with E-state index in [-0.39, 0.29) is 24.3 Å². The number of carbonyl (C=O) groups excluding carboxylic acids is 2. The molecule has 0 aliphatic carbocycles. The van der Waals surface area contributed by atoms with Gasteiger partial charge in [-0.3, -0.25) is 9.59 Å². The lowest BCUT2D eigenvalue weighted by atomic mass is 10.1. The second-order valence-electron chi connectivity index (χ2n) is 6.99. The molecule has 1 unspecified atom stereocenters. The molecule has 1 aliphatic rings. The minimum atomic E-state index is -0.144. The average molecular weight is 375 g/mol. The van der Waals surface area contributed by atoms with Gasteiger partial charge in [0.25, 0.3) is 5.91 Å². The van der Waals surface area contributed by atoms with E-state index in [9.17, 15) is 9.59 Å². The molecule has 0 spiro atoms. The topological polar surface area (TPSA) is 59.8 Å². The summed E-state index contributed by atoms with van der Waals surface area (Å²) in [5.74, 6) is 1.37. The van der Waals surface area contributed by atoms with Crippen LogP contribution in [0.3, 0.4) is 0 Å². The van der Waals surface area contributed by atoms with Gasteiger partial charge in [0.05, 0.1) is 0 Å². The van der Waals surface area contributed by atoms with Crippen LogP contribution in [-0.4, -0.2) is 17.7 Å². The quantitative estimate of drug-likeness (QED) is 0.609. The van der Waals surface area contributed by atoms with Gasteiger partial charge >= 0.3 is 0 Å². The Morgan fingerprint density at radius 1 is 1.07 bits per heavy atom. The van der Waals surface area contributed by atoms with E-state index in [0.29, 0.717) is 22.8 Å². The Balaban J connectivity index is 1.44. The number of ketones is 1. The standard InChI is InChI=1S/C23H21NO4/c1-15-13-18-5-3-4-6-21(18)24(15)23(26)22-12-11-20(28-22)14-27-19-9-7-17(8-10-19)16(2)25/h3-12,15H,13-14H2,1-2H3. The lowest BCUT2D eigenvalue weighted by Crippen LogP contribution is -2.35. The maximum Gasteiger partial charge on any atom is 0.294 e. The highest BCUT2D eigenvalue weighted by atomic mass is 16.5. The molecule has 0 bridgehead atoms. The van der Waals surface area contributed by atoms with Crippen LogP contribution in [0.4, 0.5) is 5.69 Å². The number of Topliss-reactive ketones (excluding diaryl/α,β-unsaturated/α-hetero) is 1. The van der Waals surface area contributed by atoms with Gasteiger partial charge < -0.3 is 14.1 Å². The largest absolute Gasteiger partial charge is 0.486 e. The molecular formula is C23H21NO4. The van der Waals surface area contributed by atoms with E-state index in [1.54, 1.807) is 41.3 Å². The maximum absolute atomic E-state index is 13.0. The van der Waals surface area contributed by atoms with Gasteiger partial charge in [-0.05, 0) is 68.3 Å². The van der Waals surface area contributed by atoms with E-state index in [1.165, 1.54) is 12.5 Å². The zero-order chi connectivity index (χ0) is 19.7. The number of para-hydroxylation sites is 1. The van der Waals surface area contributed by atoms with Crippen molar-refractivity contribution in [3.8, 4) is 5.75 Å². The Kier molecular flexibility index (Phi) is 4.74. The lowest BCUT2D eigenvalue weighted by molar-refractivity contribution is 0.0949. The first-order chi connectivity index (χ1) is 13.5. The zero-order valence-electron chi connectivity index (χ0n) is 15.8. The van der Waals surface area contributed by atoms with Crippen molar-refractivity contribution in [2.45, 2.75) is 32.9 Å². The molecule has 5 nitrogen and oxygen atoms in total. The monoisotopic (exact) mass is 375 g/mol. The van der Waals surface area contributed by atoms with Gasteiger partial charge in [0.15, 0.2) is 11.5 Å². The molecule has 0 saturated heterocycles.